The number of rotatable bonds is 10. The highest BCUT2D eigenvalue weighted by atomic mass is 16.6. The Morgan fingerprint density at radius 3 is 2.09 bits per heavy atom. The summed E-state index contributed by atoms with van der Waals surface area (Å²) in [6.45, 7) is 0.261. The second-order valence-electron chi connectivity index (χ2n) is 8.44. The fraction of sp³-hybridized carbons (Fsp3) is 0.286. The Morgan fingerprint density at radius 1 is 0.912 bits per heavy atom. The van der Waals surface area contributed by atoms with Crippen molar-refractivity contribution in [3.05, 3.63) is 108 Å². The predicted octanol–water partition coefficient (Wildman–Crippen LogP) is 4.16. The molecule has 0 spiro atoms. The van der Waals surface area contributed by atoms with Gasteiger partial charge in [-0.1, -0.05) is 91.0 Å². The summed E-state index contributed by atoms with van der Waals surface area (Å²) in [7, 11) is 0. The Kier molecular flexibility index (Phi) is 8.07. The van der Waals surface area contributed by atoms with Gasteiger partial charge in [-0.05, 0) is 36.0 Å². The number of imide groups is 1. The average molecular weight is 460 g/mol. The summed E-state index contributed by atoms with van der Waals surface area (Å²) in [4.78, 5) is 27.2. The van der Waals surface area contributed by atoms with Crippen LogP contribution in [0, 0.1) is 0 Å². The first-order valence-electron chi connectivity index (χ1n) is 11.5. The van der Waals surface area contributed by atoms with Crippen molar-refractivity contribution in [2.75, 3.05) is 6.61 Å². The molecule has 3 atom stereocenters. The summed E-state index contributed by atoms with van der Waals surface area (Å²) >= 11 is 0. The maximum Gasteiger partial charge on any atom is 0.417 e. The molecule has 3 aromatic rings. The van der Waals surface area contributed by atoms with Crippen molar-refractivity contribution in [1.29, 1.82) is 0 Å². The van der Waals surface area contributed by atoms with Crippen LogP contribution in [0.2, 0.25) is 0 Å². The Hall–Kier alpha value is -3.48. The maximum atomic E-state index is 13.6. The summed E-state index contributed by atoms with van der Waals surface area (Å²) in [5.41, 5.74) is 2.92. The minimum absolute atomic E-state index is 0.116. The first kappa shape index (κ1) is 23.7. The molecule has 0 saturated carbocycles. The smallest absolute Gasteiger partial charge is 0.417 e. The Labute approximate surface area is 199 Å². The molecule has 0 aliphatic carbocycles. The van der Waals surface area contributed by atoms with Gasteiger partial charge in [0.25, 0.3) is 5.91 Å². The summed E-state index contributed by atoms with van der Waals surface area (Å²) < 4.78 is 11.2. The molecule has 6 heteroatoms. The molecule has 1 heterocycles. The molecule has 4 rings (SSSR count). The first-order chi connectivity index (χ1) is 16.6. The van der Waals surface area contributed by atoms with E-state index in [1.165, 1.54) is 0 Å². The fourth-order valence-electron chi connectivity index (χ4n) is 4.12. The van der Waals surface area contributed by atoms with Crippen molar-refractivity contribution < 1.29 is 24.2 Å². The van der Waals surface area contributed by atoms with E-state index in [9.17, 15) is 14.7 Å². The molecule has 1 N–H and O–H groups in total. The molecule has 3 aromatic carbocycles. The third-order valence-corrected chi connectivity index (χ3v) is 5.95. The van der Waals surface area contributed by atoms with Gasteiger partial charge in [0.15, 0.2) is 6.10 Å². The Balaban J connectivity index is 1.50. The molecule has 0 aromatic heterocycles. The quantitative estimate of drug-likeness (QED) is 0.493. The first-order valence-corrected chi connectivity index (χ1v) is 11.5. The Morgan fingerprint density at radius 2 is 1.47 bits per heavy atom. The molecule has 1 aliphatic rings. The summed E-state index contributed by atoms with van der Waals surface area (Å²) in [6.07, 6.45) is -1.59. The second-order valence-corrected chi connectivity index (χ2v) is 8.44. The van der Waals surface area contributed by atoms with Gasteiger partial charge in [0.05, 0.1) is 18.8 Å². The molecule has 6 nitrogen and oxygen atoms in total. The summed E-state index contributed by atoms with van der Waals surface area (Å²) in [5.74, 6) is -0.570. The highest BCUT2D eigenvalue weighted by molar-refractivity contribution is 5.96. The number of carbonyl (C=O) groups excluding carboxylic acids is 2. The summed E-state index contributed by atoms with van der Waals surface area (Å²) in [5, 5.41) is 11.0. The molecule has 1 fully saturated rings. The van der Waals surface area contributed by atoms with Crippen LogP contribution in [0.15, 0.2) is 91.0 Å². The lowest BCUT2D eigenvalue weighted by molar-refractivity contribution is -0.151. The van der Waals surface area contributed by atoms with Gasteiger partial charge in [-0.2, -0.15) is 0 Å². The van der Waals surface area contributed by atoms with Gasteiger partial charge in [0, 0.05) is 0 Å². The molecule has 1 saturated heterocycles. The van der Waals surface area contributed by atoms with E-state index in [1.54, 1.807) is 0 Å². The standard InChI is InChI=1S/C28H29NO5/c30-25(17-16-21-10-4-1-5-11-21)26(33-19-23-14-8-3-9-15-23)27(31)29-24(20-34-28(29)32)18-22-12-6-2-7-13-22/h1-15,24-26,30H,16-20H2/t24-,25-,26-/m1/s1. The molecular formula is C28H29NO5. The van der Waals surface area contributed by atoms with Gasteiger partial charge in [0.2, 0.25) is 0 Å². The number of aliphatic hydroxyl groups is 1. The van der Waals surface area contributed by atoms with Crippen LogP contribution in [0.5, 0.6) is 0 Å². The van der Waals surface area contributed by atoms with E-state index in [0.717, 1.165) is 21.6 Å². The van der Waals surface area contributed by atoms with Crippen LogP contribution < -0.4 is 0 Å². The fourth-order valence-corrected chi connectivity index (χ4v) is 4.12. The molecule has 0 unspecified atom stereocenters. The second kappa shape index (κ2) is 11.6. The van der Waals surface area contributed by atoms with Crippen LogP contribution in [0.4, 0.5) is 4.79 Å². The van der Waals surface area contributed by atoms with Gasteiger partial charge in [-0.15, -0.1) is 0 Å². The van der Waals surface area contributed by atoms with Crippen molar-refractivity contribution in [3.8, 4) is 0 Å². The van der Waals surface area contributed by atoms with Crippen molar-refractivity contribution >= 4 is 12.0 Å². The Bertz CT molecular complexity index is 1060. The van der Waals surface area contributed by atoms with E-state index in [-0.39, 0.29) is 13.2 Å². The van der Waals surface area contributed by atoms with Crippen molar-refractivity contribution in [1.82, 2.24) is 4.90 Å². The zero-order valence-electron chi connectivity index (χ0n) is 19.0. The molecule has 34 heavy (non-hydrogen) atoms. The molecular weight excluding hydrogens is 430 g/mol. The molecule has 176 valence electrons. The van der Waals surface area contributed by atoms with E-state index in [4.69, 9.17) is 9.47 Å². The van der Waals surface area contributed by atoms with Crippen LogP contribution >= 0.6 is 0 Å². The number of aryl methyl sites for hydroxylation is 1. The third kappa shape index (κ3) is 6.10. The van der Waals surface area contributed by atoms with Gasteiger partial charge in [-0.25, -0.2) is 9.69 Å². The number of ether oxygens (including phenoxy) is 2. The minimum atomic E-state index is -1.19. The molecule has 0 bridgehead atoms. The predicted molar refractivity (Wildman–Crippen MR) is 128 cm³/mol. The molecule has 2 amide bonds. The zero-order valence-corrected chi connectivity index (χ0v) is 19.0. The van der Waals surface area contributed by atoms with Gasteiger partial charge in [0.1, 0.15) is 6.61 Å². The van der Waals surface area contributed by atoms with E-state index in [2.05, 4.69) is 0 Å². The monoisotopic (exact) mass is 459 g/mol. The van der Waals surface area contributed by atoms with E-state index >= 15 is 0 Å². The average Bonchev–Trinajstić information content (AvgIpc) is 3.24. The van der Waals surface area contributed by atoms with Crippen molar-refractivity contribution in [2.24, 2.45) is 0 Å². The van der Waals surface area contributed by atoms with Crippen LogP contribution in [0.1, 0.15) is 23.1 Å². The lowest BCUT2D eigenvalue weighted by Gasteiger charge is -2.28. The van der Waals surface area contributed by atoms with E-state index in [1.807, 2.05) is 91.0 Å². The van der Waals surface area contributed by atoms with E-state index < -0.39 is 30.3 Å². The maximum absolute atomic E-state index is 13.6. The van der Waals surface area contributed by atoms with Crippen LogP contribution in [0.3, 0.4) is 0 Å². The van der Waals surface area contributed by atoms with E-state index in [0.29, 0.717) is 19.3 Å². The van der Waals surface area contributed by atoms with Crippen LogP contribution in [-0.2, 0) is 33.7 Å². The highest BCUT2D eigenvalue weighted by Gasteiger charge is 2.43. The van der Waals surface area contributed by atoms with Gasteiger partial charge >= 0.3 is 6.09 Å². The van der Waals surface area contributed by atoms with Gasteiger partial charge in [-0.3, -0.25) is 4.79 Å². The van der Waals surface area contributed by atoms with Crippen LogP contribution in [0.25, 0.3) is 0 Å². The molecule has 1 aliphatic heterocycles. The lowest BCUT2D eigenvalue weighted by atomic mass is 10.0. The SMILES string of the molecule is O=C1OC[C@@H](Cc2ccccc2)N1C(=O)[C@H](OCc1ccccc1)[C@H](O)CCc1ccccc1. The number of cyclic esters (lactones) is 1. The molecule has 0 radical (unpaired) electrons. The summed E-state index contributed by atoms with van der Waals surface area (Å²) in [6, 6.07) is 28.4. The zero-order chi connectivity index (χ0) is 23.8. The van der Waals surface area contributed by atoms with Crippen molar-refractivity contribution in [3.63, 3.8) is 0 Å². The highest BCUT2D eigenvalue weighted by Crippen LogP contribution is 2.22. The number of amides is 2. The van der Waals surface area contributed by atoms with Crippen molar-refractivity contribution in [2.45, 2.75) is 44.1 Å². The topological polar surface area (TPSA) is 76.1 Å². The number of benzene rings is 3. The number of nitrogens with zero attached hydrogens (tertiary/aromatic N) is 1. The van der Waals surface area contributed by atoms with Gasteiger partial charge < -0.3 is 14.6 Å². The minimum Gasteiger partial charge on any atom is -0.447 e. The van der Waals surface area contributed by atoms with Crippen LogP contribution in [-0.4, -0.2) is 46.9 Å². The number of hydrogen-bond donors (Lipinski definition) is 1. The lowest BCUT2D eigenvalue weighted by Crippen LogP contribution is -2.50. The third-order valence-electron chi connectivity index (χ3n) is 5.95. The number of hydrogen-bond acceptors (Lipinski definition) is 5. The normalized spacial score (nSPS) is 17.3. The number of carbonyl (C=O) groups is 2. The number of aliphatic hydroxyl groups excluding tert-OH is 1. The largest absolute Gasteiger partial charge is 0.447 e.